The van der Waals surface area contributed by atoms with Crippen molar-refractivity contribution in [2.75, 3.05) is 12.5 Å². The minimum absolute atomic E-state index is 0.268. The number of ether oxygens (including phenoxy) is 2. The van der Waals surface area contributed by atoms with Gasteiger partial charge in [0.05, 0.1) is 0 Å². The van der Waals surface area contributed by atoms with Crippen LogP contribution < -0.4 is 26.0 Å². The van der Waals surface area contributed by atoms with Crippen molar-refractivity contribution in [3.63, 3.8) is 0 Å². The summed E-state index contributed by atoms with van der Waals surface area (Å²) in [5, 5.41) is 7.92. The summed E-state index contributed by atoms with van der Waals surface area (Å²) in [6, 6.07) is 18.1. The third-order valence-corrected chi connectivity index (χ3v) is 5.55. The van der Waals surface area contributed by atoms with Gasteiger partial charge in [0.2, 0.25) is 6.79 Å². The zero-order valence-corrected chi connectivity index (χ0v) is 14.1. The van der Waals surface area contributed by atoms with Gasteiger partial charge >= 0.3 is 0 Å². The highest BCUT2D eigenvalue weighted by Gasteiger charge is 2.19. The first-order valence-electron chi connectivity index (χ1n) is 7.94. The molecule has 2 heterocycles. The van der Waals surface area contributed by atoms with Crippen molar-refractivity contribution in [3.05, 3.63) is 60.0 Å². The number of nitrogen functional groups attached to an aromatic ring is 1. The lowest BCUT2D eigenvalue weighted by Gasteiger charge is -2.15. The number of rotatable bonds is 1. The molecule has 2 aliphatic heterocycles. The molecule has 1 aliphatic carbocycles. The zero-order chi connectivity index (χ0) is 17.0. The first-order chi connectivity index (χ1) is 12.2. The van der Waals surface area contributed by atoms with Crippen molar-refractivity contribution < 1.29 is 14.9 Å². The minimum atomic E-state index is 0.268. The number of anilines is 1. The van der Waals surface area contributed by atoms with Crippen LogP contribution in [0.4, 0.5) is 5.69 Å². The second-order valence-electron chi connectivity index (χ2n) is 6.06. The summed E-state index contributed by atoms with van der Waals surface area (Å²) in [4.78, 5) is 1.13. The molecule has 0 saturated carbocycles. The summed E-state index contributed by atoms with van der Waals surface area (Å²) in [5.74, 6) is 1.56. The van der Waals surface area contributed by atoms with Crippen LogP contribution in [0.2, 0.25) is 0 Å². The minimum Gasteiger partial charge on any atom is -0.454 e. The number of fused-ring (bicyclic) bond motifs is 3. The van der Waals surface area contributed by atoms with E-state index in [1.807, 2.05) is 36.4 Å². The number of hydrogen-bond acceptors (Lipinski definition) is 4. The predicted molar refractivity (Wildman–Crippen MR) is 99.5 cm³/mol. The predicted octanol–water partition coefficient (Wildman–Crippen LogP) is 2.64. The Morgan fingerprint density at radius 3 is 2.72 bits per heavy atom. The van der Waals surface area contributed by atoms with E-state index in [1.54, 1.807) is 11.3 Å². The molecule has 5 heteroatoms. The average molecular weight is 347 g/mol. The van der Waals surface area contributed by atoms with Crippen LogP contribution >= 0.6 is 11.3 Å². The van der Waals surface area contributed by atoms with Crippen LogP contribution in [0.3, 0.4) is 0 Å². The molecular weight excluding hydrogens is 332 g/mol. The molecule has 2 aromatic carbocycles. The Kier molecular flexibility index (Phi) is 2.99. The SMILES string of the molecule is Nc1ccc2c(-c3ccc4c(c3)OCO4)c3ccc(=[NH2+])cc-3sc2c1. The van der Waals surface area contributed by atoms with Crippen LogP contribution in [0, 0.1) is 0 Å². The van der Waals surface area contributed by atoms with Crippen LogP contribution in [0.5, 0.6) is 11.5 Å². The smallest absolute Gasteiger partial charge is 0.231 e. The van der Waals surface area contributed by atoms with E-state index in [0.717, 1.165) is 54.2 Å². The third kappa shape index (κ3) is 2.24. The maximum atomic E-state index is 6.01. The van der Waals surface area contributed by atoms with Gasteiger partial charge in [0, 0.05) is 38.3 Å². The van der Waals surface area contributed by atoms with Gasteiger partial charge in [-0.25, -0.2) is 0 Å². The van der Waals surface area contributed by atoms with Crippen LogP contribution in [-0.4, -0.2) is 6.79 Å². The lowest BCUT2D eigenvalue weighted by atomic mass is 9.95. The Morgan fingerprint density at radius 1 is 0.920 bits per heavy atom. The Hall–Kier alpha value is -3.05. The fourth-order valence-corrected chi connectivity index (χ4v) is 4.47. The van der Waals surface area contributed by atoms with E-state index in [2.05, 4.69) is 18.2 Å². The number of nitrogens with two attached hydrogens (primary N) is 2. The third-order valence-electron chi connectivity index (χ3n) is 4.43. The lowest BCUT2D eigenvalue weighted by Crippen LogP contribution is -2.44. The molecule has 4 nitrogen and oxygen atoms in total. The van der Waals surface area contributed by atoms with E-state index in [9.17, 15) is 0 Å². The molecule has 0 atom stereocenters. The molecule has 0 saturated heterocycles. The normalized spacial score (nSPS) is 12.8. The topological polar surface area (TPSA) is 70.1 Å². The monoisotopic (exact) mass is 347 g/mol. The zero-order valence-electron chi connectivity index (χ0n) is 13.3. The van der Waals surface area contributed by atoms with Gasteiger partial charge in [0.1, 0.15) is 0 Å². The molecular formula is C20H15N2O2S+. The van der Waals surface area contributed by atoms with Crippen molar-refractivity contribution in [2.45, 2.75) is 0 Å². The summed E-state index contributed by atoms with van der Waals surface area (Å²) in [5.41, 5.74) is 10.2. The molecule has 0 radical (unpaired) electrons. The Morgan fingerprint density at radius 2 is 1.80 bits per heavy atom. The van der Waals surface area contributed by atoms with Gasteiger partial charge in [-0.2, -0.15) is 0 Å². The van der Waals surface area contributed by atoms with E-state index in [-0.39, 0.29) is 6.79 Å². The van der Waals surface area contributed by atoms with Crippen LogP contribution in [0.25, 0.3) is 31.7 Å². The molecule has 0 spiro atoms. The molecule has 122 valence electrons. The molecule has 0 amide bonds. The molecule has 3 aliphatic rings. The lowest BCUT2D eigenvalue weighted by molar-refractivity contribution is -0.172. The van der Waals surface area contributed by atoms with Gasteiger partial charge in [-0.05, 0) is 41.5 Å². The fraction of sp³-hybridized carbons (Fsp3) is 0.0500. The van der Waals surface area contributed by atoms with Gasteiger partial charge in [0.25, 0.3) is 0 Å². The van der Waals surface area contributed by atoms with E-state index < -0.39 is 0 Å². The van der Waals surface area contributed by atoms with Gasteiger partial charge in [0.15, 0.2) is 16.9 Å². The van der Waals surface area contributed by atoms with Crippen molar-refractivity contribution in [3.8, 4) is 33.1 Å². The van der Waals surface area contributed by atoms with E-state index >= 15 is 0 Å². The van der Waals surface area contributed by atoms with Gasteiger partial charge in [-0.1, -0.05) is 12.1 Å². The second kappa shape index (κ2) is 5.22. The molecule has 0 fully saturated rings. The Balaban J connectivity index is 1.90. The summed E-state index contributed by atoms with van der Waals surface area (Å²) in [6.07, 6.45) is 0. The molecule has 4 N–H and O–H groups in total. The highest BCUT2D eigenvalue weighted by atomic mass is 32.1. The highest BCUT2D eigenvalue weighted by molar-refractivity contribution is 7.21. The van der Waals surface area contributed by atoms with Crippen molar-refractivity contribution in [1.82, 2.24) is 0 Å². The van der Waals surface area contributed by atoms with E-state index in [1.165, 1.54) is 0 Å². The van der Waals surface area contributed by atoms with Crippen LogP contribution in [-0.2, 0) is 0 Å². The maximum absolute atomic E-state index is 6.01. The quantitative estimate of drug-likeness (QED) is 0.411. The summed E-state index contributed by atoms with van der Waals surface area (Å²) >= 11 is 1.70. The standard InChI is InChI=1S/C20H14N2O2S/c21-12-2-4-14-18(8-12)25-19-9-13(22)3-5-15(19)20(14)11-1-6-16-17(7-11)24-10-23-16/h1-9,21H,10,22H2/p+1. The molecule has 2 aromatic rings. The van der Waals surface area contributed by atoms with Gasteiger partial charge < -0.3 is 15.2 Å². The molecule has 5 rings (SSSR count). The van der Waals surface area contributed by atoms with E-state index in [0.29, 0.717) is 0 Å². The molecule has 0 unspecified atom stereocenters. The largest absolute Gasteiger partial charge is 0.454 e. The number of benzene rings is 3. The van der Waals surface area contributed by atoms with Gasteiger partial charge in [-0.15, -0.1) is 11.3 Å². The Bertz CT molecular complexity index is 1170. The fourth-order valence-electron chi connectivity index (χ4n) is 3.29. The summed E-state index contributed by atoms with van der Waals surface area (Å²) in [6.45, 7) is 0.268. The van der Waals surface area contributed by atoms with Crippen molar-refractivity contribution >= 4 is 27.1 Å². The number of hydrogen-bond donors (Lipinski definition) is 2. The molecule has 0 bridgehead atoms. The average Bonchev–Trinajstić information content (AvgIpc) is 3.07. The Labute approximate surface area is 147 Å². The van der Waals surface area contributed by atoms with E-state index in [4.69, 9.17) is 20.6 Å². The van der Waals surface area contributed by atoms with Gasteiger partial charge in [-0.3, -0.25) is 5.41 Å². The summed E-state index contributed by atoms with van der Waals surface area (Å²) in [7, 11) is 0. The molecule has 25 heavy (non-hydrogen) atoms. The first kappa shape index (κ1) is 14.3. The highest BCUT2D eigenvalue weighted by Crippen LogP contribution is 2.45. The van der Waals surface area contributed by atoms with Crippen molar-refractivity contribution in [1.29, 1.82) is 0 Å². The first-order valence-corrected chi connectivity index (χ1v) is 8.75. The maximum Gasteiger partial charge on any atom is 0.231 e. The van der Waals surface area contributed by atoms with Crippen LogP contribution in [0.1, 0.15) is 0 Å². The van der Waals surface area contributed by atoms with Crippen molar-refractivity contribution in [2.24, 2.45) is 0 Å². The van der Waals surface area contributed by atoms with Crippen LogP contribution in [0.15, 0.2) is 54.6 Å². The molecule has 0 aromatic heterocycles. The second-order valence-corrected chi connectivity index (χ2v) is 7.14. The summed E-state index contributed by atoms with van der Waals surface area (Å²) < 4.78 is 12.1.